The molecule has 0 amide bonds. The van der Waals surface area contributed by atoms with Gasteiger partial charge in [-0.1, -0.05) is 36.7 Å². The smallest absolute Gasteiger partial charge is 0.496 e. The first-order valence-corrected chi connectivity index (χ1v) is 11.5. The zero-order chi connectivity index (χ0) is 21.6. The van der Waals surface area contributed by atoms with E-state index >= 15 is 0 Å². The van der Waals surface area contributed by atoms with Gasteiger partial charge in [0, 0.05) is 11.0 Å². The zero-order valence-electron chi connectivity index (χ0n) is 17.6. The Balaban J connectivity index is 2.09. The molecule has 0 saturated carbocycles. The average Bonchev–Trinajstić information content (AvgIpc) is 2.88. The molecule has 0 bridgehead atoms. The molecule has 8 heteroatoms. The van der Waals surface area contributed by atoms with Crippen molar-refractivity contribution in [1.29, 1.82) is 0 Å². The van der Waals surface area contributed by atoms with Crippen LogP contribution < -0.4 is 10.2 Å². The van der Waals surface area contributed by atoms with Gasteiger partial charge in [0.25, 0.3) is 0 Å². The molecule has 0 aliphatic carbocycles. The van der Waals surface area contributed by atoms with Crippen LogP contribution in [0.5, 0.6) is 5.75 Å². The SMILES string of the molecule is CCS(=O)(=O)c1ccc(-c2c(Cl)ccc(B3OC(C)(C)C(C)(C)O3)c2OC)cc1. The number of methoxy groups -OCH3 is 1. The Labute approximate surface area is 178 Å². The molecule has 1 aliphatic rings. The van der Waals surface area contributed by atoms with Crippen LogP contribution in [0.25, 0.3) is 11.1 Å². The van der Waals surface area contributed by atoms with Crippen LogP contribution in [0, 0.1) is 0 Å². The van der Waals surface area contributed by atoms with Crippen molar-refractivity contribution in [1.82, 2.24) is 0 Å². The van der Waals surface area contributed by atoms with Crippen LogP contribution in [0.2, 0.25) is 5.02 Å². The Morgan fingerprint density at radius 1 is 1.00 bits per heavy atom. The summed E-state index contributed by atoms with van der Waals surface area (Å²) >= 11 is 6.51. The predicted octanol–water partition coefficient (Wildman–Crippen LogP) is 4.11. The van der Waals surface area contributed by atoms with Gasteiger partial charge in [-0.25, -0.2) is 8.42 Å². The van der Waals surface area contributed by atoms with Crippen molar-refractivity contribution in [2.75, 3.05) is 12.9 Å². The topological polar surface area (TPSA) is 61.8 Å². The number of ether oxygens (including phenoxy) is 1. The van der Waals surface area contributed by atoms with E-state index in [2.05, 4.69) is 0 Å². The van der Waals surface area contributed by atoms with Crippen molar-refractivity contribution >= 4 is 34.0 Å². The molecule has 1 saturated heterocycles. The molecule has 0 radical (unpaired) electrons. The van der Waals surface area contributed by atoms with Crippen LogP contribution in [0.3, 0.4) is 0 Å². The molecule has 0 aromatic heterocycles. The normalized spacial score (nSPS) is 18.1. The second kappa shape index (κ2) is 7.62. The number of sulfone groups is 1. The van der Waals surface area contributed by atoms with Crippen LogP contribution in [0.15, 0.2) is 41.3 Å². The van der Waals surface area contributed by atoms with Crippen LogP contribution in [-0.2, 0) is 19.1 Å². The molecular formula is C21H26BClO5S. The van der Waals surface area contributed by atoms with E-state index in [0.29, 0.717) is 16.3 Å². The van der Waals surface area contributed by atoms with Crippen LogP contribution in [-0.4, -0.2) is 39.6 Å². The van der Waals surface area contributed by atoms with Crippen LogP contribution in [0.4, 0.5) is 0 Å². The minimum Gasteiger partial charge on any atom is -0.496 e. The van der Waals surface area contributed by atoms with Gasteiger partial charge >= 0.3 is 7.12 Å². The third-order valence-corrected chi connectivity index (χ3v) is 7.80. The van der Waals surface area contributed by atoms with Gasteiger partial charge < -0.3 is 14.0 Å². The monoisotopic (exact) mass is 436 g/mol. The van der Waals surface area contributed by atoms with Crippen molar-refractivity contribution in [3.63, 3.8) is 0 Å². The minimum atomic E-state index is -3.27. The lowest BCUT2D eigenvalue weighted by molar-refractivity contribution is 0.00578. The summed E-state index contributed by atoms with van der Waals surface area (Å²) in [4.78, 5) is 0.279. The van der Waals surface area contributed by atoms with E-state index in [1.54, 1.807) is 44.4 Å². The first-order chi connectivity index (χ1) is 13.4. The maximum absolute atomic E-state index is 12.1. The van der Waals surface area contributed by atoms with Crippen molar-refractivity contribution in [3.8, 4) is 16.9 Å². The molecule has 0 spiro atoms. The molecule has 1 aliphatic heterocycles. The third-order valence-electron chi connectivity index (χ3n) is 5.73. The molecule has 1 fully saturated rings. The number of hydrogen-bond donors (Lipinski definition) is 0. The standard InChI is InChI=1S/C21H26BClO5S/c1-7-29(24,25)15-10-8-14(9-11-15)18-17(23)13-12-16(19(18)26-6)22-27-20(2,3)21(4,5)28-22/h8-13H,7H2,1-6H3. The lowest BCUT2D eigenvalue weighted by Crippen LogP contribution is -2.41. The highest BCUT2D eigenvalue weighted by atomic mass is 35.5. The maximum atomic E-state index is 12.1. The molecule has 5 nitrogen and oxygen atoms in total. The van der Waals surface area contributed by atoms with E-state index in [4.69, 9.17) is 25.6 Å². The number of benzene rings is 2. The molecule has 0 unspecified atom stereocenters. The van der Waals surface area contributed by atoms with E-state index in [1.165, 1.54) is 0 Å². The summed E-state index contributed by atoms with van der Waals surface area (Å²) in [5.74, 6) is 0.593. The Morgan fingerprint density at radius 3 is 2.03 bits per heavy atom. The summed E-state index contributed by atoms with van der Waals surface area (Å²) in [7, 11) is -2.31. The zero-order valence-corrected chi connectivity index (χ0v) is 19.1. The van der Waals surface area contributed by atoms with Crippen molar-refractivity contribution in [2.45, 2.75) is 50.7 Å². The Bertz CT molecular complexity index is 1000. The van der Waals surface area contributed by atoms with E-state index in [-0.39, 0.29) is 10.6 Å². The highest BCUT2D eigenvalue weighted by Gasteiger charge is 2.52. The molecule has 3 rings (SSSR count). The molecule has 0 N–H and O–H groups in total. The molecular weight excluding hydrogens is 411 g/mol. The largest absolute Gasteiger partial charge is 0.498 e. The van der Waals surface area contributed by atoms with Crippen molar-refractivity contribution in [2.24, 2.45) is 0 Å². The molecule has 156 valence electrons. The lowest BCUT2D eigenvalue weighted by Gasteiger charge is -2.32. The molecule has 29 heavy (non-hydrogen) atoms. The molecule has 0 atom stereocenters. The van der Waals surface area contributed by atoms with Gasteiger partial charge in [-0.05, 0) is 51.5 Å². The quantitative estimate of drug-likeness (QED) is 0.660. The van der Waals surface area contributed by atoms with Gasteiger partial charge in [0.15, 0.2) is 9.84 Å². The average molecular weight is 437 g/mol. The second-order valence-corrected chi connectivity index (χ2v) is 10.7. The first-order valence-electron chi connectivity index (χ1n) is 9.48. The van der Waals surface area contributed by atoms with E-state index in [9.17, 15) is 8.42 Å². The predicted molar refractivity (Wildman–Crippen MR) is 117 cm³/mol. The Hall–Kier alpha value is -1.54. The van der Waals surface area contributed by atoms with Gasteiger partial charge in [0.1, 0.15) is 5.75 Å². The van der Waals surface area contributed by atoms with Crippen LogP contribution >= 0.6 is 11.6 Å². The summed E-state index contributed by atoms with van der Waals surface area (Å²) < 4.78 is 42.3. The molecule has 2 aromatic carbocycles. The first kappa shape index (κ1) is 22.2. The fourth-order valence-corrected chi connectivity index (χ4v) is 4.36. The maximum Gasteiger partial charge on any atom is 0.498 e. The highest BCUT2D eigenvalue weighted by Crippen LogP contribution is 2.40. The Kier molecular flexibility index (Phi) is 5.82. The van der Waals surface area contributed by atoms with Crippen molar-refractivity contribution < 1.29 is 22.5 Å². The fourth-order valence-electron chi connectivity index (χ4n) is 3.21. The van der Waals surface area contributed by atoms with Gasteiger partial charge in [-0.3, -0.25) is 0 Å². The third kappa shape index (κ3) is 3.93. The van der Waals surface area contributed by atoms with E-state index in [0.717, 1.165) is 11.0 Å². The fraction of sp³-hybridized carbons (Fsp3) is 0.429. The number of hydrogen-bond acceptors (Lipinski definition) is 5. The summed E-state index contributed by atoms with van der Waals surface area (Å²) in [6.07, 6.45) is 0. The van der Waals surface area contributed by atoms with Gasteiger partial charge in [-0.2, -0.15) is 0 Å². The van der Waals surface area contributed by atoms with Gasteiger partial charge in [-0.15, -0.1) is 0 Å². The summed E-state index contributed by atoms with van der Waals surface area (Å²) in [6, 6.07) is 10.3. The van der Waals surface area contributed by atoms with E-state index in [1.807, 2.05) is 33.8 Å². The number of halogens is 1. The highest BCUT2D eigenvalue weighted by molar-refractivity contribution is 7.91. The summed E-state index contributed by atoms with van der Waals surface area (Å²) in [6.45, 7) is 9.58. The van der Waals surface area contributed by atoms with E-state index < -0.39 is 28.2 Å². The summed E-state index contributed by atoms with van der Waals surface area (Å²) in [5.41, 5.74) is 1.18. The lowest BCUT2D eigenvalue weighted by atomic mass is 9.76. The van der Waals surface area contributed by atoms with Crippen LogP contribution in [0.1, 0.15) is 34.6 Å². The van der Waals surface area contributed by atoms with Crippen molar-refractivity contribution in [3.05, 3.63) is 41.4 Å². The second-order valence-electron chi connectivity index (χ2n) is 8.06. The Morgan fingerprint density at radius 2 is 1.55 bits per heavy atom. The molecule has 1 heterocycles. The minimum absolute atomic E-state index is 0.0494. The summed E-state index contributed by atoms with van der Waals surface area (Å²) in [5, 5.41) is 0.494. The molecule has 2 aromatic rings. The van der Waals surface area contributed by atoms with Gasteiger partial charge in [0.2, 0.25) is 0 Å². The number of rotatable bonds is 5. The van der Waals surface area contributed by atoms with Gasteiger partial charge in [0.05, 0.1) is 34.0 Å².